The molecule has 1 heterocycles. The number of H-pyrrole nitrogens is 1. The fraction of sp³-hybridized carbons (Fsp3) is 0.556. The lowest BCUT2D eigenvalue weighted by atomic mass is 10.1. The standard InChI is InChI=1S/C9H13N3/c1-3-9-8(5-4-6-10)7(2)11-12-9/h3-5H2,1-2H3,(H,11,12). The van der Waals surface area contributed by atoms with Crippen molar-refractivity contribution < 1.29 is 0 Å². The Morgan fingerprint density at radius 1 is 1.58 bits per heavy atom. The monoisotopic (exact) mass is 163 g/mol. The van der Waals surface area contributed by atoms with Gasteiger partial charge in [-0.1, -0.05) is 6.92 Å². The Labute approximate surface area is 72.4 Å². The molecule has 1 rings (SSSR count). The zero-order valence-corrected chi connectivity index (χ0v) is 7.52. The summed E-state index contributed by atoms with van der Waals surface area (Å²) in [5, 5.41) is 15.5. The van der Waals surface area contributed by atoms with E-state index in [1.165, 1.54) is 5.56 Å². The van der Waals surface area contributed by atoms with Gasteiger partial charge in [-0.05, 0) is 25.3 Å². The van der Waals surface area contributed by atoms with Crippen LogP contribution < -0.4 is 0 Å². The second kappa shape index (κ2) is 3.91. The first kappa shape index (κ1) is 8.79. The van der Waals surface area contributed by atoms with Gasteiger partial charge in [0.2, 0.25) is 0 Å². The number of aromatic amines is 1. The highest BCUT2D eigenvalue weighted by molar-refractivity contribution is 5.24. The van der Waals surface area contributed by atoms with Gasteiger partial charge in [0, 0.05) is 12.1 Å². The van der Waals surface area contributed by atoms with Crippen molar-refractivity contribution in [3.8, 4) is 6.07 Å². The fourth-order valence-corrected chi connectivity index (χ4v) is 1.31. The average molecular weight is 163 g/mol. The van der Waals surface area contributed by atoms with Crippen molar-refractivity contribution in [2.24, 2.45) is 0 Å². The molecular formula is C9H13N3. The second-order valence-corrected chi connectivity index (χ2v) is 2.79. The van der Waals surface area contributed by atoms with E-state index in [1.807, 2.05) is 6.92 Å². The number of nitrogens with zero attached hydrogens (tertiary/aromatic N) is 2. The topological polar surface area (TPSA) is 52.5 Å². The van der Waals surface area contributed by atoms with Crippen LogP contribution in [0.4, 0.5) is 0 Å². The molecule has 0 spiro atoms. The predicted octanol–water partition coefficient (Wildman–Crippen LogP) is 1.74. The lowest BCUT2D eigenvalue weighted by Gasteiger charge is -1.96. The molecule has 0 bridgehead atoms. The largest absolute Gasteiger partial charge is 0.282 e. The van der Waals surface area contributed by atoms with Gasteiger partial charge in [-0.25, -0.2) is 0 Å². The van der Waals surface area contributed by atoms with Gasteiger partial charge in [-0.3, -0.25) is 5.10 Å². The van der Waals surface area contributed by atoms with Gasteiger partial charge in [-0.2, -0.15) is 10.4 Å². The second-order valence-electron chi connectivity index (χ2n) is 2.79. The van der Waals surface area contributed by atoms with Gasteiger partial charge in [-0.15, -0.1) is 0 Å². The summed E-state index contributed by atoms with van der Waals surface area (Å²) in [6.45, 7) is 4.07. The molecule has 0 fully saturated rings. The van der Waals surface area contributed by atoms with Crippen LogP contribution in [0.1, 0.15) is 30.3 Å². The lowest BCUT2D eigenvalue weighted by Crippen LogP contribution is -1.90. The van der Waals surface area contributed by atoms with Crippen LogP contribution in [0.2, 0.25) is 0 Å². The zero-order chi connectivity index (χ0) is 8.97. The van der Waals surface area contributed by atoms with Crippen molar-refractivity contribution in [1.82, 2.24) is 10.2 Å². The first-order chi connectivity index (χ1) is 5.79. The highest BCUT2D eigenvalue weighted by Gasteiger charge is 2.06. The summed E-state index contributed by atoms with van der Waals surface area (Å²) in [5.41, 5.74) is 3.42. The van der Waals surface area contributed by atoms with E-state index < -0.39 is 0 Å². The van der Waals surface area contributed by atoms with E-state index in [4.69, 9.17) is 5.26 Å². The van der Waals surface area contributed by atoms with Gasteiger partial charge < -0.3 is 0 Å². The maximum Gasteiger partial charge on any atom is 0.0654 e. The summed E-state index contributed by atoms with van der Waals surface area (Å²) in [5.74, 6) is 0. The van der Waals surface area contributed by atoms with Crippen LogP contribution in [0.15, 0.2) is 0 Å². The molecule has 0 aliphatic rings. The average Bonchev–Trinajstić information content (AvgIpc) is 2.43. The SMILES string of the molecule is CCc1n[nH]c(C)c1CCC#N. The third-order valence-electron chi connectivity index (χ3n) is 1.98. The first-order valence-electron chi connectivity index (χ1n) is 4.19. The van der Waals surface area contributed by atoms with Gasteiger partial charge in [0.05, 0.1) is 11.8 Å². The minimum absolute atomic E-state index is 0.577. The van der Waals surface area contributed by atoms with Gasteiger partial charge in [0.15, 0.2) is 0 Å². The van der Waals surface area contributed by atoms with Gasteiger partial charge >= 0.3 is 0 Å². The summed E-state index contributed by atoms with van der Waals surface area (Å²) in [6, 6.07) is 2.14. The van der Waals surface area contributed by atoms with Crippen LogP contribution >= 0.6 is 0 Å². The predicted molar refractivity (Wildman–Crippen MR) is 46.6 cm³/mol. The molecule has 3 heteroatoms. The maximum atomic E-state index is 8.44. The molecule has 0 amide bonds. The molecule has 1 N–H and O–H groups in total. The molecule has 0 unspecified atom stereocenters. The summed E-state index contributed by atoms with van der Waals surface area (Å²) in [7, 11) is 0. The van der Waals surface area contributed by atoms with E-state index in [-0.39, 0.29) is 0 Å². The van der Waals surface area contributed by atoms with Gasteiger partial charge in [0.25, 0.3) is 0 Å². The Morgan fingerprint density at radius 2 is 2.33 bits per heavy atom. The fourth-order valence-electron chi connectivity index (χ4n) is 1.31. The molecule has 64 valence electrons. The van der Waals surface area contributed by atoms with Crippen LogP contribution in [-0.2, 0) is 12.8 Å². The number of nitrogens with one attached hydrogen (secondary N) is 1. The van der Waals surface area contributed by atoms with E-state index in [0.29, 0.717) is 6.42 Å². The molecule has 3 nitrogen and oxygen atoms in total. The molecular weight excluding hydrogens is 150 g/mol. The number of hydrogen-bond acceptors (Lipinski definition) is 2. The van der Waals surface area contributed by atoms with Crippen molar-refractivity contribution >= 4 is 0 Å². The van der Waals surface area contributed by atoms with Crippen molar-refractivity contribution in [2.45, 2.75) is 33.1 Å². The molecule has 0 aliphatic heterocycles. The molecule has 0 aliphatic carbocycles. The quantitative estimate of drug-likeness (QED) is 0.737. The van der Waals surface area contributed by atoms with Crippen LogP contribution in [0.3, 0.4) is 0 Å². The van der Waals surface area contributed by atoms with E-state index in [0.717, 1.165) is 24.2 Å². The Balaban J connectivity index is 2.81. The smallest absolute Gasteiger partial charge is 0.0654 e. The molecule has 0 saturated carbocycles. The molecule has 0 radical (unpaired) electrons. The minimum Gasteiger partial charge on any atom is -0.282 e. The number of hydrogen-bond donors (Lipinski definition) is 1. The Kier molecular flexibility index (Phi) is 2.87. The van der Waals surface area contributed by atoms with E-state index >= 15 is 0 Å². The summed E-state index contributed by atoms with van der Waals surface area (Å²) < 4.78 is 0. The number of aryl methyl sites for hydroxylation is 2. The number of rotatable bonds is 3. The number of nitriles is 1. The minimum atomic E-state index is 0.577. The highest BCUT2D eigenvalue weighted by Crippen LogP contribution is 2.12. The molecule has 0 atom stereocenters. The van der Waals surface area contributed by atoms with E-state index in [2.05, 4.69) is 23.2 Å². The Morgan fingerprint density at radius 3 is 2.92 bits per heavy atom. The van der Waals surface area contributed by atoms with Crippen molar-refractivity contribution in [3.63, 3.8) is 0 Å². The van der Waals surface area contributed by atoms with E-state index in [9.17, 15) is 0 Å². The lowest BCUT2D eigenvalue weighted by molar-refractivity contribution is 0.936. The van der Waals surface area contributed by atoms with Crippen molar-refractivity contribution in [1.29, 1.82) is 5.26 Å². The first-order valence-corrected chi connectivity index (χ1v) is 4.19. The normalized spacial score (nSPS) is 9.75. The molecule has 12 heavy (non-hydrogen) atoms. The zero-order valence-electron chi connectivity index (χ0n) is 7.52. The van der Waals surface area contributed by atoms with Crippen LogP contribution in [0.5, 0.6) is 0 Å². The van der Waals surface area contributed by atoms with Crippen LogP contribution in [0.25, 0.3) is 0 Å². The third-order valence-corrected chi connectivity index (χ3v) is 1.98. The summed E-state index contributed by atoms with van der Waals surface area (Å²) in [6.07, 6.45) is 2.33. The van der Waals surface area contributed by atoms with Crippen LogP contribution in [-0.4, -0.2) is 10.2 Å². The van der Waals surface area contributed by atoms with Gasteiger partial charge in [0.1, 0.15) is 0 Å². The Hall–Kier alpha value is -1.30. The highest BCUT2D eigenvalue weighted by atomic mass is 15.1. The van der Waals surface area contributed by atoms with Crippen LogP contribution in [0, 0.1) is 18.3 Å². The summed E-state index contributed by atoms with van der Waals surface area (Å²) in [4.78, 5) is 0. The summed E-state index contributed by atoms with van der Waals surface area (Å²) >= 11 is 0. The number of aromatic nitrogens is 2. The molecule has 1 aromatic heterocycles. The van der Waals surface area contributed by atoms with Crippen molar-refractivity contribution in [2.75, 3.05) is 0 Å². The third kappa shape index (κ3) is 1.65. The Bertz CT molecular complexity index is 293. The molecule has 0 aromatic carbocycles. The molecule has 1 aromatic rings. The molecule has 0 saturated heterocycles. The van der Waals surface area contributed by atoms with Crippen molar-refractivity contribution in [3.05, 3.63) is 17.0 Å². The maximum absolute atomic E-state index is 8.44. The van der Waals surface area contributed by atoms with E-state index in [1.54, 1.807) is 0 Å².